The molecule has 0 aliphatic rings. The van der Waals surface area contributed by atoms with E-state index in [1.54, 1.807) is 4.90 Å². The molecule has 0 spiro atoms. The van der Waals surface area contributed by atoms with Crippen LogP contribution in [0.15, 0.2) is 24.3 Å². The third-order valence-corrected chi connectivity index (χ3v) is 3.35. The molecule has 0 unspecified atom stereocenters. The van der Waals surface area contributed by atoms with Gasteiger partial charge in [0.1, 0.15) is 0 Å². The number of nitrogens with one attached hydrogen (secondary N) is 1. The molecule has 1 atom stereocenters. The number of hydrogen-bond acceptors (Lipinski definition) is 2. The van der Waals surface area contributed by atoms with Gasteiger partial charge in [-0.25, -0.2) is 0 Å². The largest absolute Gasteiger partial charge is 0.342 e. The minimum absolute atomic E-state index is 0.103. The molecule has 1 N–H and O–H groups in total. The average Bonchev–Trinajstić information content (AvgIpc) is 2.35. The molecule has 0 saturated heterocycles. The molecule has 0 radical (unpaired) electrons. The van der Waals surface area contributed by atoms with Gasteiger partial charge in [-0.3, -0.25) is 4.79 Å². The smallest absolute Gasteiger partial charge is 0.236 e. The summed E-state index contributed by atoms with van der Waals surface area (Å²) in [6, 6.07) is 8.01. The topological polar surface area (TPSA) is 32.3 Å². The lowest BCUT2D eigenvalue weighted by Gasteiger charge is -2.23. The van der Waals surface area contributed by atoms with Crippen molar-refractivity contribution in [3.63, 3.8) is 0 Å². The van der Waals surface area contributed by atoms with Crippen molar-refractivity contribution in [3.8, 4) is 0 Å². The van der Waals surface area contributed by atoms with Crippen molar-refractivity contribution < 1.29 is 4.79 Å². The highest BCUT2D eigenvalue weighted by Gasteiger charge is 2.13. The Kier molecular flexibility index (Phi) is 5.63. The van der Waals surface area contributed by atoms with Gasteiger partial charge in [-0.1, -0.05) is 23.7 Å². The summed E-state index contributed by atoms with van der Waals surface area (Å²) >= 11 is 5.84. The monoisotopic (exact) mass is 268 g/mol. The van der Waals surface area contributed by atoms with Crippen LogP contribution < -0.4 is 5.32 Å². The quantitative estimate of drug-likeness (QED) is 0.891. The Morgan fingerprint density at radius 1 is 1.28 bits per heavy atom. The Labute approximate surface area is 114 Å². The van der Waals surface area contributed by atoms with Gasteiger partial charge in [0.15, 0.2) is 0 Å². The number of rotatable bonds is 5. The minimum atomic E-state index is 0.103. The molecule has 0 bridgehead atoms. The Hall–Kier alpha value is -1.06. The van der Waals surface area contributed by atoms with Crippen LogP contribution in [0.1, 0.15) is 32.4 Å². The predicted molar refractivity (Wildman–Crippen MR) is 75.8 cm³/mol. The lowest BCUT2D eigenvalue weighted by Crippen LogP contribution is -2.40. The number of amides is 1. The van der Waals surface area contributed by atoms with E-state index in [1.165, 1.54) is 0 Å². The van der Waals surface area contributed by atoms with E-state index < -0.39 is 0 Å². The molecule has 1 aromatic carbocycles. The first-order chi connectivity index (χ1) is 8.41. The van der Waals surface area contributed by atoms with Gasteiger partial charge in [-0.2, -0.15) is 0 Å². The highest BCUT2D eigenvalue weighted by atomic mass is 35.5. The molecule has 18 heavy (non-hydrogen) atoms. The van der Waals surface area contributed by atoms with E-state index in [4.69, 9.17) is 11.6 Å². The highest BCUT2D eigenvalue weighted by Crippen LogP contribution is 2.15. The summed E-state index contributed by atoms with van der Waals surface area (Å²) < 4.78 is 0. The Morgan fingerprint density at radius 2 is 1.83 bits per heavy atom. The van der Waals surface area contributed by atoms with E-state index in [0.717, 1.165) is 10.6 Å². The summed E-state index contributed by atoms with van der Waals surface area (Å²) in [5.41, 5.74) is 1.12. The fourth-order valence-electron chi connectivity index (χ4n) is 1.52. The first-order valence-electron chi connectivity index (χ1n) is 6.16. The van der Waals surface area contributed by atoms with Crippen LogP contribution in [-0.2, 0) is 4.79 Å². The number of likely N-dealkylation sites (N-methyl/N-ethyl adjacent to an activating group) is 1. The Bertz CT molecular complexity index is 389. The van der Waals surface area contributed by atoms with Crippen molar-refractivity contribution in [2.45, 2.75) is 32.9 Å². The van der Waals surface area contributed by atoms with Crippen molar-refractivity contribution in [3.05, 3.63) is 34.9 Å². The van der Waals surface area contributed by atoms with Gasteiger partial charge >= 0.3 is 0 Å². The standard InChI is InChI=1S/C14H21ClN2O/c1-10(2)17(4)14(18)9-16-11(3)12-5-7-13(15)8-6-12/h5-8,10-11,16H,9H2,1-4H3/t11-/m1/s1. The first kappa shape index (κ1) is 15.0. The molecule has 0 heterocycles. The fraction of sp³-hybridized carbons (Fsp3) is 0.500. The Balaban J connectivity index is 2.48. The molecule has 0 aliphatic carbocycles. The maximum absolute atomic E-state index is 11.8. The van der Waals surface area contributed by atoms with Gasteiger partial charge in [0.2, 0.25) is 5.91 Å². The van der Waals surface area contributed by atoms with Crippen molar-refractivity contribution in [2.24, 2.45) is 0 Å². The van der Waals surface area contributed by atoms with Crippen LogP contribution in [0.5, 0.6) is 0 Å². The zero-order chi connectivity index (χ0) is 13.7. The maximum Gasteiger partial charge on any atom is 0.236 e. The van der Waals surface area contributed by atoms with Crippen molar-refractivity contribution in [2.75, 3.05) is 13.6 Å². The zero-order valence-electron chi connectivity index (χ0n) is 11.4. The molecule has 1 aromatic rings. The van der Waals surface area contributed by atoms with Crippen molar-refractivity contribution in [1.82, 2.24) is 10.2 Å². The second-order valence-corrected chi connectivity index (χ2v) is 5.19. The lowest BCUT2D eigenvalue weighted by molar-refractivity contribution is -0.130. The summed E-state index contributed by atoms with van der Waals surface area (Å²) in [6.45, 7) is 6.38. The number of carbonyl (C=O) groups is 1. The molecule has 4 heteroatoms. The number of halogens is 1. The molecule has 3 nitrogen and oxygen atoms in total. The van der Waals surface area contributed by atoms with E-state index in [0.29, 0.717) is 6.54 Å². The van der Waals surface area contributed by atoms with Crippen molar-refractivity contribution >= 4 is 17.5 Å². The van der Waals surface area contributed by atoms with Crippen LogP contribution >= 0.6 is 11.6 Å². The van der Waals surface area contributed by atoms with Gasteiger partial charge in [0.05, 0.1) is 6.54 Å². The first-order valence-corrected chi connectivity index (χ1v) is 6.54. The fourth-order valence-corrected chi connectivity index (χ4v) is 1.65. The molecule has 1 rings (SSSR count). The van der Waals surface area contributed by atoms with Gasteiger partial charge < -0.3 is 10.2 Å². The Morgan fingerprint density at radius 3 is 2.33 bits per heavy atom. The van der Waals surface area contributed by atoms with Crippen molar-refractivity contribution in [1.29, 1.82) is 0 Å². The molecule has 0 aliphatic heterocycles. The van der Waals surface area contributed by atoms with Crippen LogP contribution in [0.2, 0.25) is 5.02 Å². The molecule has 1 amide bonds. The molecule has 0 fully saturated rings. The average molecular weight is 269 g/mol. The molecule has 0 saturated carbocycles. The molecular weight excluding hydrogens is 248 g/mol. The number of carbonyl (C=O) groups excluding carboxylic acids is 1. The van der Waals surface area contributed by atoms with Gasteiger partial charge in [-0.15, -0.1) is 0 Å². The normalized spacial score (nSPS) is 12.6. The number of benzene rings is 1. The van der Waals surface area contributed by atoms with E-state index in [1.807, 2.05) is 52.1 Å². The second-order valence-electron chi connectivity index (χ2n) is 4.75. The summed E-state index contributed by atoms with van der Waals surface area (Å²) in [5.74, 6) is 0.103. The lowest BCUT2D eigenvalue weighted by atomic mass is 10.1. The zero-order valence-corrected chi connectivity index (χ0v) is 12.2. The van der Waals surface area contributed by atoms with E-state index in [2.05, 4.69) is 5.32 Å². The summed E-state index contributed by atoms with van der Waals surface area (Å²) in [5, 5.41) is 3.94. The van der Waals surface area contributed by atoms with Crippen LogP contribution in [0.25, 0.3) is 0 Å². The van der Waals surface area contributed by atoms with E-state index in [9.17, 15) is 4.79 Å². The second kappa shape index (κ2) is 6.76. The predicted octanol–water partition coefficient (Wildman–Crippen LogP) is 2.86. The molecule has 100 valence electrons. The third-order valence-electron chi connectivity index (χ3n) is 3.10. The van der Waals surface area contributed by atoms with E-state index in [-0.39, 0.29) is 18.0 Å². The van der Waals surface area contributed by atoms with Gasteiger partial charge in [0.25, 0.3) is 0 Å². The SMILES string of the molecule is CC(C)N(C)C(=O)CN[C@H](C)c1ccc(Cl)cc1. The minimum Gasteiger partial charge on any atom is -0.342 e. The van der Waals surface area contributed by atoms with E-state index >= 15 is 0 Å². The maximum atomic E-state index is 11.8. The van der Waals surface area contributed by atoms with Crippen LogP contribution in [0.3, 0.4) is 0 Å². The third kappa shape index (κ3) is 4.31. The van der Waals surface area contributed by atoms with Crippen LogP contribution in [0, 0.1) is 0 Å². The summed E-state index contributed by atoms with van der Waals surface area (Å²) in [7, 11) is 1.82. The van der Waals surface area contributed by atoms with Crippen LogP contribution in [0.4, 0.5) is 0 Å². The van der Waals surface area contributed by atoms with Crippen LogP contribution in [-0.4, -0.2) is 30.4 Å². The van der Waals surface area contributed by atoms with Gasteiger partial charge in [-0.05, 0) is 38.5 Å². The number of nitrogens with zero attached hydrogens (tertiary/aromatic N) is 1. The summed E-state index contributed by atoms with van der Waals surface area (Å²) in [4.78, 5) is 13.6. The molecular formula is C14H21ClN2O. The summed E-state index contributed by atoms with van der Waals surface area (Å²) in [6.07, 6.45) is 0. The van der Waals surface area contributed by atoms with Gasteiger partial charge in [0, 0.05) is 24.2 Å². The highest BCUT2D eigenvalue weighted by molar-refractivity contribution is 6.30. The number of hydrogen-bond donors (Lipinski definition) is 1. The molecule has 0 aromatic heterocycles.